The quantitative estimate of drug-likeness (QED) is 0.734. The van der Waals surface area contributed by atoms with Crippen LogP contribution in [-0.4, -0.2) is 36.3 Å². The van der Waals surface area contributed by atoms with E-state index < -0.39 is 0 Å². The summed E-state index contributed by atoms with van der Waals surface area (Å²) in [4.78, 5) is 27.4. The van der Waals surface area contributed by atoms with E-state index in [9.17, 15) is 9.59 Å². The molecule has 2 heterocycles. The zero-order valence-corrected chi connectivity index (χ0v) is 16.1. The molecule has 1 unspecified atom stereocenters. The largest absolute Gasteiger partial charge is 0.486 e. The Hall–Kier alpha value is -2.82. The first-order valence-corrected chi connectivity index (χ1v) is 9.91. The van der Waals surface area contributed by atoms with Gasteiger partial charge in [-0.05, 0) is 49.1 Å². The van der Waals surface area contributed by atoms with Crippen molar-refractivity contribution in [2.24, 2.45) is 0 Å². The highest BCUT2D eigenvalue weighted by atomic mass is 16.6. The van der Waals surface area contributed by atoms with E-state index in [0.717, 1.165) is 19.4 Å². The molecule has 2 aromatic rings. The molecule has 28 heavy (non-hydrogen) atoms. The van der Waals surface area contributed by atoms with Crippen LogP contribution >= 0.6 is 0 Å². The Bertz CT molecular complexity index is 892. The van der Waals surface area contributed by atoms with E-state index in [1.165, 1.54) is 11.1 Å². The topological polar surface area (TPSA) is 55.8 Å². The number of carbonyl (C=O) groups is 2. The highest BCUT2D eigenvalue weighted by molar-refractivity contribution is 5.98. The summed E-state index contributed by atoms with van der Waals surface area (Å²) in [7, 11) is 0. The third-order valence-electron chi connectivity index (χ3n) is 5.55. The van der Waals surface area contributed by atoms with Crippen molar-refractivity contribution in [3.63, 3.8) is 0 Å². The van der Waals surface area contributed by atoms with Gasteiger partial charge in [0.15, 0.2) is 17.3 Å². The van der Waals surface area contributed by atoms with Crippen LogP contribution in [0.3, 0.4) is 0 Å². The minimum atomic E-state index is -0.0445. The molecule has 1 saturated heterocycles. The van der Waals surface area contributed by atoms with Crippen LogP contribution < -0.4 is 9.47 Å². The van der Waals surface area contributed by atoms with E-state index in [1.807, 2.05) is 17.0 Å². The highest BCUT2D eigenvalue weighted by Crippen LogP contribution is 2.34. The van der Waals surface area contributed by atoms with Gasteiger partial charge in [0.2, 0.25) is 5.91 Å². The first kappa shape index (κ1) is 18.5. The summed E-state index contributed by atoms with van der Waals surface area (Å²) in [5.41, 5.74) is 2.99. The molecule has 0 saturated carbocycles. The second kappa shape index (κ2) is 8.05. The molecule has 0 aliphatic carbocycles. The Morgan fingerprint density at radius 3 is 2.64 bits per heavy atom. The number of amides is 1. The third-order valence-corrected chi connectivity index (χ3v) is 5.55. The van der Waals surface area contributed by atoms with Gasteiger partial charge in [-0.15, -0.1) is 0 Å². The number of fused-ring (bicyclic) bond motifs is 1. The molecule has 5 nitrogen and oxygen atoms in total. The lowest BCUT2D eigenvalue weighted by Gasteiger charge is -2.26. The van der Waals surface area contributed by atoms with Gasteiger partial charge >= 0.3 is 0 Å². The van der Waals surface area contributed by atoms with E-state index in [1.54, 1.807) is 18.2 Å². The van der Waals surface area contributed by atoms with E-state index >= 15 is 0 Å². The van der Waals surface area contributed by atoms with Gasteiger partial charge in [-0.1, -0.05) is 24.3 Å². The van der Waals surface area contributed by atoms with Gasteiger partial charge in [-0.3, -0.25) is 9.59 Å². The van der Waals surface area contributed by atoms with Gasteiger partial charge in [0.05, 0.1) is 6.04 Å². The van der Waals surface area contributed by atoms with Gasteiger partial charge in [-0.2, -0.15) is 0 Å². The number of aryl methyl sites for hydroxylation is 1. The van der Waals surface area contributed by atoms with Crippen molar-refractivity contribution < 1.29 is 19.1 Å². The Balaban J connectivity index is 1.40. The average molecular weight is 379 g/mol. The van der Waals surface area contributed by atoms with Gasteiger partial charge in [0.25, 0.3) is 0 Å². The SMILES string of the molecule is Cc1ccccc1C1CCCN1C(=O)CCC(=O)c1ccc2c(c1)OCCO2. The van der Waals surface area contributed by atoms with Crippen molar-refractivity contribution >= 4 is 11.7 Å². The van der Waals surface area contributed by atoms with E-state index in [4.69, 9.17) is 9.47 Å². The van der Waals surface area contributed by atoms with E-state index in [0.29, 0.717) is 30.3 Å². The standard InChI is InChI=1S/C23H25NO4/c1-16-5-2-3-6-18(16)19-7-4-12-24(19)23(26)11-9-20(25)17-8-10-21-22(15-17)28-14-13-27-21/h2-3,5-6,8,10,15,19H,4,7,9,11-14H2,1H3. The first-order chi connectivity index (χ1) is 13.6. The van der Waals surface area contributed by atoms with Gasteiger partial charge in [0.1, 0.15) is 13.2 Å². The van der Waals surface area contributed by atoms with E-state index in [-0.39, 0.29) is 30.6 Å². The smallest absolute Gasteiger partial charge is 0.223 e. The third kappa shape index (κ3) is 3.75. The molecule has 2 aliphatic heterocycles. The molecule has 0 N–H and O–H groups in total. The fraction of sp³-hybridized carbons (Fsp3) is 0.391. The number of hydrogen-bond donors (Lipinski definition) is 0. The van der Waals surface area contributed by atoms with Crippen LogP contribution in [0.2, 0.25) is 0 Å². The van der Waals surface area contributed by atoms with Crippen LogP contribution in [0.15, 0.2) is 42.5 Å². The number of rotatable bonds is 5. The molecule has 2 aromatic carbocycles. The molecular formula is C23H25NO4. The summed E-state index contributed by atoms with van der Waals surface area (Å²) in [5.74, 6) is 1.27. The van der Waals surface area contributed by atoms with Crippen LogP contribution in [0.25, 0.3) is 0 Å². The number of likely N-dealkylation sites (tertiary alicyclic amines) is 1. The molecule has 0 spiro atoms. The lowest BCUT2D eigenvalue weighted by molar-refractivity contribution is -0.132. The highest BCUT2D eigenvalue weighted by Gasteiger charge is 2.30. The van der Waals surface area contributed by atoms with Crippen LogP contribution in [0.1, 0.15) is 53.2 Å². The number of carbonyl (C=O) groups excluding carboxylic acids is 2. The normalized spacial score (nSPS) is 18.2. The van der Waals surface area contributed by atoms with Gasteiger partial charge in [-0.25, -0.2) is 0 Å². The average Bonchev–Trinajstić information content (AvgIpc) is 3.21. The summed E-state index contributed by atoms with van der Waals surface area (Å²) >= 11 is 0. The second-order valence-electron chi connectivity index (χ2n) is 7.38. The van der Waals surface area contributed by atoms with Crippen molar-refractivity contribution in [3.8, 4) is 11.5 Å². The van der Waals surface area contributed by atoms with Gasteiger partial charge in [0, 0.05) is 24.9 Å². The van der Waals surface area contributed by atoms with Crippen molar-refractivity contribution in [3.05, 3.63) is 59.2 Å². The predicted molar refractivity (Wildman–Crippen MR) is 106 cm³/mol. The van der Waals surface area contributed by atoms with Crippen molar-refractivity contribution in [2.75, 3.05) is 19.8 Å². The van der Waals surface area contributed by atoms with Crippen LogP contribution in [-0.2, 0) is 4.79 Å². The van der Waals surface area contributed by atoms with Crippen LogP contribution in [0.5, 0.6) is 11.5 Å². The van der Waals surface area contributed by atoms with Gasteiger partial charge < -0.3 is 14.4 Å². The summed E-state index contributed by atoms with van der Waals surface area (Å²) < 4.78 is 11.0. The summed E-state index contributed by atoms with van der Waals surface area (Å²) in [5, 5.41) is 0. The lowest BCUT2D eigenvalue weighted by Crippen LogP contribution is -2.31. The van der Waals surface area contributed by atoms with Crippen molar-refractivity contribution in [1.82, 2.24) is 4.90 Å². The Morgan fingerprint density at radius 1 is 1.04 bits per heavy atom. The minimum Gasteiger partial charge on any atom is -0.486 e. The molecule has 1 amide bonds. The number of Topliss-reactive ketones (excluding diaryl/α,β-unsaturated/α-hetero) is 1. The maximum atomic E-state index is 12.8. The maximum absolute atomic E-state index is 12.8. The Kier molecular flexibility index (Phi) is 5.33. The Labute approximate surface area is 165 Å². The zero-order valence-electron chi connectivity index (χ0n) is 16.1. The molecular weight excluding hydrogens is 354 g/mol. The molecule has 146 valence electrons. The van der Waals surface area contributed by atoms with Crippen LogP contribution in [0.4, 0.5) is 0 Å². The number of hydrogen-bond acceptors (Lipinski definition) is 4. The summed E-state index contributed by atoms with van der Waals surface area (Å²) in [6.07, 6.45) is 2.42. The molecule has 0 radical (unpaired) electrons. The first-order valence-electron chi connectivity index (χ1n) is 9.91. The summed E-state index contributed by atoms with van der Waals surface area (Å²) in [6, 6.07) is 13.6. The molecule has 5 heteroatoms. The molecule has 0 bridgehead atoms. The maximum Gasteiger partial charge on any atom is 0.223 e. The van der Waals surface area contributed by atoms with Crippen LogP contribution in [0, 0.1) is 6.92 Å². The molecule has 1 atom stereocenters. The second-order valence-corrected chi connectivity index (χ2v) is 7.38. The fourth-order valence-corrected chi connectivity index (χ4v) is 4.07. The fourth-order valence-electron chi connectivity index (χ4n) is 4.07. The predicted octanol–water partition coefficient (Wildman–Crippen LogP) is 4.09. The lowest BCUT2D eigenvalue weighted by atomic mass is 9.99. The molecule has 1 fully saturated rings. The number of ketones is 1. The number of nitrogens with zero attached hydrogens (tertiary/aromatic N) is 1. The number of benzene rings is 2. The molecule has 2 aliphatic rings. The Morgan fingerprint density at radius 2 is 1.82 bits per heavy atom. The molecule has 0 aromatic heterocycles. The molecule has 4 rings (SSSR count). The summed E-state index contributed by atoms with van der Waals surface area (Å²) in [6.45, 7) is 3.85. The van der Waals surface area contributed by atoms with Crippen molar-refractivity contribution in [2.45, 2.75) is 38.6 Å². The minimum absolute atomic E-state index is 0.0445. The number of ether oxygens (including phenoxy) is 2. The monoisotopic (exact) mass is 379 g/mol. The zero-order chi connectivity index (χ0) is 19.5. The van der Waals surface area contributed by atoms with Crippen molar-refractivity contribution in [1.29, 1.82) is 0 Å². The van der Waals surface area contributed by atoms with E-state index in [2.05, 4.69) is 19.1 Å².